The van der Waals surface area contributed by atoms with E-state index in [0.717, 1.165) is 22.3 Å². The zero-order valence-corrected chi connectivity index (χ0v) is 18.6. The first-order valence-corrected chi connectivity index (χ1v) is 11.0. The van der Waals surface area contributed by atoms with E-state index in [9.17, 15) is 14.4 Å². The Hall–Kier alpha value is -3.35. The van der Waals surface area contributed by atoms with Crippen molar-refractivity contribution in [3.05, 3.63) is 59.7 Å². The lowest BCUT2D eigenvalue weighted by Crippen LogP contribution is -2.52. The summed E-state index contributed by atoms with van der Waals surface area (Å²) in [5.41, 5.74) is 4.50. The van der Waals surface area contributed by atoms with E-state index < -0.39 is 30.1 Å². The molecule has 0 saturated carbocycles. The van der Waals surface area contributed by atoms with Gasteiger partial charge in [-0.3, -0.25) is 9.59 Å². The number of carbonyl (C=O) groups is 3. The lowest BCUT2D eigenvalue weighted by molar-refractivity contribution is -0.137. The molecule has 0 bridgehead atoms. The Bertz CT molecular complexity index is 942. The van der Waals surface area contributed by atoms with Crippen molar-refractivity contribution >= 4 is 18.0 Å². The van der Waals surface area contributed by atoms with E-state index >= 15 is 0 Å². The third-order valence-electron chi connectivity index (χ3n) is 5.83. The van der Waals surface area contributed by atoms with Crippen LogP contribution in [-0.4, -0.2) is 41.8 Å². The van der Waals surface area contributed by atoms with Gasteiger partial charge in [-0.1, -0.05) is 69.3 Å². The molecule has 0 spiro atoms. The highest BCUT2D eigenvalue weighted by atomic mass is 16.5. The molecule has 0 heterocycles. The maximum absolute atomic E-state index is 12.7. The molecule has 7 heteroatoms. The monoisotopic (exact) mass is 438 g/mol. The molecule has 0 radical (unpaired) electrons. The van der Waals surface area contributed by atoms with Gasteiger partial charge in [-0.25, -0.2) is 4.79 Å². The second-order valence-electron chi connectivity index (χ2n) is 8.40. The van der Waals surface area contributed by atoms with Crippen LogP contribution in [0.1, 0.15) is 50.7 Å². The summed E-state index contributed by atoms with van der Waals surface area (Å²) in [6, 6.07) is 14.8. The summed E-state index contributed by atoms with van der Waals surface area (Å²) >= 11 is 0. The second-order valence-corrected chi connectivity index (χ2v) is 8.40. The predicted molar refractivity (Wildman–Crippen MR) is 121 cm³/mol. The van der Waals surface area contributed by atoms with Gasteiger partial charge in [0.25, 0.3) is 0 Å². The van der Waals surface area contributed by atoms with Crippen molar-refractivity contribution in [3.63, 3.8) is 0 Å². The first-order chi connectivity index (χ1) is 15.3. The number of carboxylic acids is 1. The number of ether oxygens (including phenoxy) is 1. The molecule has 0 fully saturated rings. The number of benzene rings is 2. The van der Waals surface area contributed by atoms with Crippen LogP contribution in [0.15, 0.2) is 48.5 Å². The molecule has 2 aromatic carbocycles. The second kappa shape index (κ2) is 10.3. The van der Waals surface area contributed by atoms with Crippen molar-refractivity contribution in [2.45, 2.75) is 51.6 Å². The molecule has 3 rings (SSSR count). The van der Waals surface area contributed by atoms with E-state index in [1.54, 1.807) is 6.92 Å². The van der Waals surface area contributed by atoms with Crippen molar-refractivity contribution in [1.82, 2.24) is 10.6 Å². The Balaban J connectivity index is 1.64. The van der Waals surface area contributed by atoms with Crippen LogP contribution in [-0.2, 0) is 14.3 Å². The fourth-order valence-corrected chi connectivity index (χ4v) is 4.10. The predicted octanol–water partition coefficient (Wildman–Crippen LogP) is 3.92. The quantitative estimate of drug-likeness (QED) is 0.550. The highest BCUT2D eigenvalue weighted by molar-refractivity contribution is 5.86. The number of hydrogen-bond acceptors (Lipinski definition) is 4. The van der Waals surface area contributed by atoms with Gasteiger partial charge in [0.1, 0.15) is 12.6 Å². The Kier molecular flexibility index (Phi) is 7.51. The van der Waals surface area contributed by atoms with Gasteiger partial charge in [-0.05, 0) is 34.6 Å². The van der Waals surface area contributed by atoms with Gasteiger partial charge in [-0.15, -0.1) is 0 Å². The molecule has 1 aliphatic carbocycles. The van der Waals surface area contributed by atoms with E-state index in [1.165, 1.54) is 0 Å². The maximum atomic E-state index is 12.7. The van der Waals surface area contributed by atoms with Gasteiger partial charge in [0, 0.05) is 12.0 Å². The number of rotatable bonds is 9. The van der Waals surface area contributed by atoms with Crippen LogP contribution >= 0.6 is 0 Å². The number of carbonyl (C=O) groups excluding carboxylic acids is 2. The van der Waals surface area contributed by atoms with Crippen LogP contribution in [0, 0.1) is 5.92 Å². The number of aliphatic carboxylic acids is 1. The molecular formula is C25H30N2O5. The SMILES string of the molecule is CC[C@@H](CC(=O)O)NC(=O)[C@H](NC(=O)OCC1c2ccccc2-c2ccccc21)C(C)C. The van der Waals surface area contributed by atoms with E-state index in [-0.39, 0.29) is 24.9 Å². The summed E-state index contributed by atoms with van der Waals surface area (Å²) in [5.74, 6) is -1.67. The Labute approximate surface area is 188 Å². The molecule has 0 aliphatic heterocycles. The lowest BCUT2D eigenvalue weighted by Gasteiger charge is -2.24. The molecule has 3 N–H and O–H groups in total. The highest BCUT2D eigenvalue weighted by Gasteiger charge is 2.31. The van der Waals surface area contributed by atoms with Gasteiger partial charge >= 0.3 is 12.1 Å². The van der Waals surface area contributed by atoms with Crippen molar-refractivity contribution in [1.29, 1.82) is 0 Å². The first-order valence-electron chi connectivity index (χ1n) is 11.0. The van der Waals surface area contributed by atoms with Crippen LogP contribution < -0.4 is 10.6 Å². The molecule has 0 unspecified atom stereocenters. The topological polar surface area (TPSA) is 105 Å². The van der Waals surface area contributed by atoms with E-state index in [1.807, 2.05) is 50.2 Å². The molecule has 2 atom stereocenters. The van der Waals surface area contributed by atoms with Crippen molar-refractivity contribution in [2.75, 3.05) is 6.61 Å². The third-order valence-corrected chi connectivity index (χ3v) is 5.83. The fraction of sp³-hybridized carbons (Fsp3) is 0.400. The van der Waals surface area contributed by atoms with Crippen molar-refractivity contribution < 1.29 is 24.2 Å². The molecule has 2 aromatic rings. The summed E-state index contributed by atoms with van der Waals surface area (Å²) < 4.78 is 5.54. The first kappa shape index (κ1) is 23.3. The summed E-state index contributed by atoms with van der Waals surface area (Å²) in [5, 5.41) is 14.4. The zero-order chi connectivity index (χ0) is 23.3. The number of fused-ring (bicyclic) bond motifs is 3. The summed E-state index contributed by atoms with van der Waals surface area (Å²) in [6.45, 7) is 5.58. The molecule has 1 aliphatic rings. The van der Waals surface area contributed by atoms with Gasteiger partial charge in [0.2, 0.25) is 5.91 Å². The Morgan fingerprint density at radius 3 is 2.03 bits per heavy atom. The fourth-order valence-electron chi connectivity index (χ4n) is 4.10. The van der Waals surface area contributed by atoms with Gasteiger partial charge < -0.3 is 20.5 Å². The number of carboxylic acid groups (broad SMARTS) is 1. The average Bonchev–Trinajstić information content (AvgIpc) is 3.08. The normalized spacial score (nSPS) is 14.2. The molecule has 170 valence electrons. The Morgan fingerprint density at radius 1 is 0.969 bits per heavy atom. The summed E-state index contributed by atoms with van der Waals surface area (Å²) in [7, 11) is 0. The molecule has 0 saturated heterocycles. The summed E-state index contributed by atoms with van der Waals surface area (Å²) in [4.78, 5) is 36.2. The summed E-state index contributed by atoms with van der Waals surface area (Å²) in [6.07, 6.45) is -0.363. The highest BCUT2D eigenvalue weighted by Crippen LogP contribution is 2.44. The van der Waals surface area contributed by atoms with E-state index in [4.69, 9.17) is 9.84 Å². The molecular weight excluding hydrogens is 408 g/mol. The van der Waals surface area contributed by atoms with Crippen LogP contribution in [0.4, 0.5) is 4.79 Å². The number of amides is 2. The third kappa shape index (κ3) is 5.28. The van der Waals surface area contributed by atoms with Crippen LogP contribution in [0.3, 0.4) is 0 Å². The largest absolute Gasteiger partial charge is 0.481 e. The number of nitrogens with one attached hydrogen (secondary N) is 2. The van der Waals surface area contributed by atoms with E-state index in [2.05, 4.69) is 22.8 Å². The Morgan fingerprint density at radius 2 is 1.53 bits per heavy atom. The molecule has 7 nitrogen and oxygen atoms in total. The van der Waals surface area contributed by atoms with Gasteiger partial charge in [-0.2, -0.15) is 0 Å². The minimum Gasteiger partial charge on any atom is -0.481 e. The van der Waals surface area contributed by atoms with Gasteiger partial charge in [0.05, 0.1) is 6.42 Å². The van der Waals surface area contributed by atoms with Crippen LogP contribution in [0.25, 0.3) is 11.1 Å². The smallest absolute Gasteiger partial charge is 0.407 e. The van der Waals surface area contributed by atoms with E-state index in [0.29, 0.717) is 6.42 Å². The molecule has 0 aromatic heterocycles. The van der Waals surface area contributed by atoms with Crippen molar-refractivity contribution in [3.8, 4) is 11.1 Å². The maximum Gasteiger partial charge on any atom is 0.407 e. The molecule has 32 heavy (non-hydrogen) atoms. The van der Waals surface area contributed by atoms with Crippen LogP contribution in [0.2, 0.25) is 0 Å². The average molecular weight is 439 g/mol. The number of hydrogen-bond donors (Lipinski definition) is 3. The minimum absolute atomic E-state index is 0.0699. The standard InChI is InChI=1S/C25H30N2O5/c1-4-16(13-22(28)29)26-24(30)23(15(2)3)27-25(31)32-14-21-19-11-7-5-9-17(19)18-10-6-8-12-20(18)21/h5-12,15-16,21,23H,4,13-14H2,1-3H3,(H,26,30)(H,27,31)(H,28,29)/t16-,23+/m0/s1. The number of alkyl carbamates (subject to hydrolysis) is 1. The molecule has 2 amide bonds. The zero-order valence-electron chi connectivity index (χ0n) is 18.6. The van der Waals surface area contributed by atoms with Gasteiger partial charge in [0.15, 0.2) is 0 Å². The van der Waals surface area contributed by atoms with Crippen LogP contribution in [0.5, 0.6) is 0 Å². The minimum atomic E-state index is -0.984. The lowest BCUT2D eigenvalue weighted by atomic mass is 9.98. The van der Waals surface area contributed by atoms with Crippen molar-refractivity contribution in [2.24, 2.45) is 5.92 Å².